The molecule has 0 aliphatic carbocycles. The summed E-state index contributed by atoms with van der Waals surface area (Å²) in [5.74, 6) is 0.448. The van der Waals surface area contributed by atoms with E-state index in [0.717, 1.165) is 62.8 Å². The second-order valence-corrected chi connectivity index (χ2v) is 11.2. The molecule has 1 saturated heterocycles. The molecule has 3 nitrogen and oxygen atoms in total. The Morgan fingerprint density at radius 2 is 2.06 bits per heavy atom. The van der Waals surface area contributed by atoms with E-state index in [0.29, 0.717) is 11.3 Å². The third-order valence-corrected chi connectivity index (χ3v) is 9.37. The second-order valence-electron chi connectivity index (χ2n) is 9.28. The van der Waals surface area contributed by atoms with Crippen molar-refractivity contribution in [3.63, 3.8) is 0 Å². The van der Waals surface area contributed by atoms with Crippen LogP contribution in [0.2, 0.25) is 0 Å². The van der Waals surface area contributed by atoms with Crippen LogP contribution in [-0.4, -0.2) is 24.2 Å². The monoisotopic (exact) mass is 511 g/mol. The average molecular weight is 512 g/mol. The molecule has 0 saturated carbocycles. The lowest BCUT2D eigenvalue weighted by molar-refractivity contribution is 0.231. The summed E-state index contributed by atoms with van der Waals surface area (Å²) in [6.45, 7) is 10.9. The summed E-state index contributed by atoms with van der Waals surface area (Å²) in [5, 5.41) is 2.08. The van der Waals surface area contributed by atoms with Gasteiger partial charge in [0.1, 0.15) is 5.82 Å². The topological polar surface area (TPSA) is 27.3 Å². The highest BCUT2D eigenvalue weighted by atomic mass is 32.2. The third-order valence-electron chi connectivity index (χ3n) is 7.15. The number of piperidine rings is 1. The van der Waals surface area contributed by atoms with Gasteiger partial charge >= 0.3 is 0 Å². The van der Waals surface area contributed by atoms with Crippen molar-refractivity contribution in [3.8, 4) is 0 Å². The van der Waals surface area contributed by atoms with Crippen molar-refractivity contribution in [1.82, 2.24) is 15.8 Å². The molecule has 7 heteroatoms. The predicted octanol–water partition coefficient (Wildman–Crippen LogP) is 7.09. The molecule has 3 aliphatic heterocycles. The molecule has 0 spiro atoms. The number of thioether (sulfide) groups is 1. The van der Waals surface area contributed by atoms with Gasteiger partial charge in [-0.05, 0) is 59.9 Å². The van der Waals surface area contributed by atoms with Crippen molar-refractivity contribution in [3.05, 3.63) is 98.8 Å². The quantitative estimate of drug-likeness (QED) is 0.419. The van der Waals surface area contributed by atoms with Gasteiger partial charge in [0, 0.05) is 40.1 Å². The molecular weight excluding hydrogens is 480 g/mol. The van der Waals surface area contributed by atoms with Crippen LogP contribution in [0.5, 0.6) is 0 Å². The fourth-order valence-corrected chi connectivity index (χ4v) is 7.50. The summed E-state index contributed by atoms with van der Waals surface area (Å²) in [5.41, 5.74) is 12.5. The highest BCUT2D eigenvalue weighted by Crippen LogP contribution is 2.43. The van der Waals surface area contributed by atoms with Crippen molar-refractivity contribution in [2.24, 2.45) is 0 Å². The Kier molecular flexibility index (Phi) is 7.19. The van der Waals surface area contributed by atoms with Gasteiger partial charge in [0.05, 0.1) is 24.1 Å². The summed E-state index contributed by atoms with van der Waals surface area (Å²) < 4.78 is 28.8. The zero-order valence-electron chi connectivity index (χ0n) is 20.0. The van der Waals surface area contributed by atoms with E-state index in [2.05, 4.69) is 46.4 Å². The van der Waals surface area contributed by atoms with E-state index in [1.54, 1.807) is 23.1 Å². The molecular formula is C28H31F2N3S2. The molecule has 0 radical (unpaired) electrons. The van der Waals surface area contributed by atoms with Gasteiger partial charge in [-0.15, -0.1) is 23.1 Å². The van der Waals surface area contributed by atoms with E-state index < -0.39 is 6.67 Å². The van der Waals surface area contributed by atoms with Crippen molar-refractivity contribution < 1.29 is 8.78 Å². The Bertz CT molecular complexity index is 1210. The molecule has 1 aromatic carbocycles. The van der Waals surface area contributed by atoms with Crippen LogP contribution in [0.3, 0.4) is 0 Å². The van der Waals surface area contributed by atoms with E-state index in [9.17, 15) is 4.39 Å². The zero-order chi connectivity index (χ0) is 24.5. The van der Waals surface area contributed by atoms with Crippen molar-refractivity contribution in [1.29, 1.82) is 0 Å². The van der Waals surface area contributed by atoms with Crippen molar-refractivity contribution >= 4 is 23.1 Å². The number of benzene rings is 1. The summed E-state index contributed by atoms with van der Waals surface area (Å²) in [6, 6.07) is 5.98. The largest absolute Gasteiger partial charge is 0.364 e. The molecule has 1 fully saturated rings. The number of fused-ring (bicyclic) bond motifs is 3. The lowest BCUT2D eigenvalue weighted by atomic mass is 9.93. The fraction of sp³-hybridized carbons (Fsp3) is 0.357. The normalized spacial score (nSPS) is 25.2. The third kappa shape index (κ3) is 4.61. The minimum Gasteiger partial charge on any atom is -0.364 e. The average Bonchev–Trinajstić information content (AvgIpc) is 3.27. The Morgan fingerprint density at radius 1 is 1.20 bits per heavy atom. The number of hydrogen-bond donors (Lipinski definition) is 2. The molecule has 4 heterocycles. The van der Waals surface area contributed by atoms with Gasteiger partial charge < -0.3 is 10.3 Å². The predicted molar refractivity (Wildman–Crippen MR) is 143 cm³/mol. The van der Waals surface area contributed by atoms with Crippen molar-refractivity contribution in [2.45, 2.75) is 55.3 Å². The van der Waals surface area contributed by atoms with Gasteiger partial charge in [0.25, 0.3) is 0 Å². The van der Waals surface area contributed by atoms with E-state index >= 15 is 4.39 Å². The van der Waals surface area contributed by atoms with E-state index in [1.165, 1.54) is 6.42 Å². The smallest absolute Gasteiger partial charge is 0.130 e. The molecule has 2 atom stereocenters. The number of nitrogens with one attached hydrogen (secondary N) is 2. The highest BCUT2D eigenvalue weighted by molar-refractivity contribution is 7.98. The molecule has 2 N–H and O–H groups in total. The molecule has 0 amide bonds. The van der Waals surface area contributed by atoms with Crippen LogP contribution >= 0.6 is 23.1 Å². The SMILES string of the molecule is C=C1/C=C\C2CCCCN2C(=C)/C(NNC2c3ccc(C)c(F)c3CSc3ccsc32)=C/1CCF. The second kappa shape index (κ2) is 10.3. The summed E-state index contributed by atoms with van der Waals surface area (Å²) >= 11 is 3.33. The number of thiophene rings is 1. The first kappa shape index (κ1) is 24.3. The first-order valence-electron chi connectivity index (χ1n) is 12.1. The van der Waals surface area contributed by atoms with Crippen LogP contribution in [-0.2, 0) is 5.75 Å². The highest BCUT2D eigenvalue weighted by Gasteiger charge is 2.30. The number of allylic oxidation sites excluding steroid dienone is 3. The van der Waals surface area contributed by atoms with Gasteiger partial charge in [-0.2, -0.15) is 0 Å². The Hall–Kier alpha value is -2.35. The van der Waals surface area contributed by atoms with Gasteiger partial charge in [-0.3, -0.25) is 4.39 Å². The molecule has 0 bridgehead atoms. The van der Waals surface area contributed by atoms with Crippen LogP contribution < -0.4 is 10.9 Å². The number of rotatable bonds is 5. The summed E-state index contributed by atoms with van der Waals surface area (Å²) in [6.07, 6.45) is 7.79. The molecule has 2 aromatic rings. The lowest BCUT2D eigenvalue weighted by Crippen LogP contribution is -2.44. The van der Waals surface area contributed by atoms with E-state index in [4.69, 9.17) is 0 Å². The van der Waals surface area contributed by atoms with Crippen LogP contribution in [0.15, 0.2) is 76.3 Å². The van der Waals surface area contributed by atoms with Gasteiger partial charge in [-0.25, -0.2) is 9.82 Å². The number of nitrogens with zero attached hydrogens (tertiary/aromatic N) is 1. The van der Waals surface area contributed by atoms with Gasteiger partial charge in [0.15, 0.2) is 0 Å². The maximum Gasteiger partial charge on any atom is 0.130 e. The molecule has 5 rings (SSSR count). The number of alkyl halides is 1. The standard InChI is InChI=1S/C28H31F2N3S2/c1-17-7-9-20-6-4-5-14-33(20)19(3)26(21(17)11-13-29)31-32-27-22-10-8-18(2)25(30)23(22)16-35-24-12-15-34-28(24)27/h7-10,12,15,20,27,31-32H,1,3-6,11,13-14,16H2,2H3/b9-7-,26-21-. The van der Waals surface area contributed by atoms with Crippen LogP contribution in [0, 0.1) is 12.7 Å². The number of hydrazine groups is 1. The Balaban J connectivity index is 1.54. The first-order chi connectivity index (χ1) is 17.0. The van der Waals surface area contributed by atoms with E-state index in [-0.39, 0.29) is 24.3 Å². The molecule has 3 aliphatic rings. The van der Waals surface area contributed by atoms with Gasteiger partial charge in [-0.1, -0.05) is 37.4 Å². The van der Waals surface area contributed by atoms with E-state index in [1.807, 2.05) is 25.1 Å². The molecule has 1 aromatic heterocycles. The zero-order valence-corrected chi connectivity index (χ0v) is 21.6. The maximum atomic E-state index is 15.2. The summed E-state index contributed by atoms with van der Waals surface area (Å²) in [4.78, 5) is 4.61. The van der Waals surface area contributed by atoms with Crippen LogP contribution in [0.25, 0.3) is 0 Å². The lowest BCUT2D eigenvalue weighted by Gasteiger charge is -2.40. The number of aryl methyl sites for hydroxylation is 1. The van der Waals surface area contributed by atoms with Crippen molar-refractivity contribution in [2.75, 3.05) is 13.2 Å². The molecule has 35 heavy (non-hydrogen) atoms. The minimum absolute atomic E-state index is 0.140. The van der Waals surface area contributed by atoms with Gasteiger partial charge in [0.2, 0.25) is 0 Å². The van der Waals surface area contributed by atoms with Crippen LogP contribution in [0.4, 0.5) is 8.78 Å². The summed E-state index contributed by atoms with van der Waals surface area (Å²) in [7, 11) is 0. The Morgan fingerprint density at radius 3 is 2.89 bits per heavy atom. The first-order valence-corrected chi connectivity index (χ1v) is 14.0. The number of halogens is 2. The fourth-order valence-electron chi connectivity index (χ4n) is 5.21. The number of hydrogen-bond acceptors (Lipinski definition) is 5. The molecule has 2 unspecified atom stereocenters. The minimum atomic E-state index is -0.480. The van der Waals surface area contributed by atoms with Crippen LogP contribution in [0.1, 0.15) is 53.3 Å². The maximum absolute atomic E-state index is 15.2. The molecule has 184 valence electrons. The Labute approximate surface area is 214 Å².